The highest BCUT2D eigenvalue weighted by molar-refractivity contribution is 7.92. The summed E-state index contributed by atoms with van der Waals surface area (Å²) in [5.74, 6) is -0.231. The Morgan fingerprint density at radius 3 is 2.24 bits per heavy atom. The molecule has 3 aromatic carbocycles. The van der Waals surface area contributed by atoms with Crippen LogP contribution in [0.15, 0.2) is 89.8 Å². The Morgan fingerprint density at radius 2 is 1.55 bits per heavy atom. The van der Waals surface area contributed by atoms with E-state index in [9.17, 15) is 13.2 Å². The van der Waals surface area contributed by atoms with Crippen LogP contribution in [0.2, 0.25) is 5.02 Å². The first-order chi connectivity index (χ1) is 13.9. The van der Waals surface area contributed by atoms with Gasteiger partial charge in [0.2, 0.25) is 5.91 Å². The fourth-order valence-corrected chi connectivity index (χ4v) is 3.84. The van der Waals surface area contributed by atoms with Gasteiger partial charge in [0.05, 0.1) is 15.6 Å². The Balaban J connectivity index is 1.61. The van der Waals surface area contributed by atoms with Crippen LogP contribution < -0.4 is 10.0 Å². The lowest BCUT2D eigenvalue weighted by molar-refractivity contribution is -0.116. The number of amides is 1. The number of carbonyl (C=O) groups excluding carboxylic acids is 1. The van der Waals surface area contributed by atoms with Crippen molar-refractivity contribution < 1.29 is 13.2 Å². The van der Waals surface area contributed by atoms with Gasteiger partial charge in [-0.05, 0) is 41.5 Å². The van der Waals surface area contributed by atoms with Crippen molar-refractivity contribution in [1.82, 2.24) is 5.32 Å². The molecule has 7 heteroatoms. The molecule has 0 aliphatic heterocycles. The number of halogens is 1. The first kappa shape index (κ1) is 20.6. The Kier molecular flexibility index (Phi) is 6.69. The number of nitrogens with one attached hydrogen (secondary N) is 2. The lowest BCUT2D eigenvalue weighted by Gasteiger charge is -2.09. The molecular formula is C22H19ClN2O3S. The van der Waals surface area contributed by atoms with Crippen molar-refractivity contribution in [1.29, 1.82) is 0 Å². The van der Waals surface area contributed by atoms with Gasteiger partial charge in [0.15, 0.2) is 0 Å². The van der Waals surface area contributed by atoms with Crippen LogP contribution in [0.25, 0.3) is 6.08 Å². The average molecular weight is 427 g/mol. The number of anilines is 1. The second-order valence-electron chi connectivity index (χ2n) is 6.19. The highest BCUT2D eigenvalue weighted by Gasteiger charge is 2.15. The van der Waals surface area contributed by atoms with Crippen LogP contribution in [0.5, 0.6) is 0 Å². The minimum atomic E-state index is -3.76. The van der Waals surface area contributed by atoms with E-state index < -0.39 is 10.0 Å². The molecule has 0 spiro atoms. The van der Waals surface area contributed by atoms with E-state index in [-0.39, 0.29) is 10.8 Å². The quantitative estimate of drug-likeness (QED) is 0.547. The summed E-state index contributed by atoms with van der Waals surface area (Å²) < 4.78 is 27.5. The van der Waals surface area contributed by atoms with Gasteiger partial charge in [-0.1, -0.05) is 66.2 Å². The van der Waals surface area contributed by atoms with Crippen LogP contribution in [0.3, 0.4) is 0 Å². The molecule has 148 valence electrons. The van der Waals surface area contributed by atoms with Crippen molar-refractivity contribution in [2.24, 2.45) is 0 Å². The largest absolute Gasteiger partial charge is 0.348 e. The molecule has 29 heavy (non-hydrogen) atoms. The topological polar surface area (TPSA) is 75.3 Å². The zero-order valence-electron chi connectivity index (χ0n) is 15.4. The third-order valence-electron chi connectivity index (χ3n) is 4.05. The number of rotatable bonds is 7. The van der Waals surface area contributed by atoms with Gasteiger partial charge in [-0.2, -0.15) is 0 Å². The minimum Gasteiger partial charge on any atom is -0.348 e. The molecule has 3 aromatic rings. The molecule has 5 nitrogen and oxygen atoms in total. The zero-order chi connectivity index (χ0) is 20.7. The molecule has 0 radical (unpaired) electrons. The molecule has 0 fully saturated rings. The molecule has 2 N–H and O–H groups in total. The number of hydrogen-bond donors (Lipinski definition) is 2. The van der Waals surface area contributed by atoms with E-state index >= 15 is 0 Å². The number of carbonyl (C=O) groups is 1. The molecule has 3 rings (SSSR count). The maximum absolute atomic E-state index is 12.5. The average Bonchev–Trinajstić information content (AvgIpc) is 2.73. The van der Waals surface area contributed by atoms with Gasteiger partial charge in [-0.25, -0.2) is 8.42 Å². The van der Waals surface area contributed by atoms with Gasteiger partial charge >= 0.3 is 0 Å². The van der Waals surface area contributed by atoms with Crippen molar-refractivity contribution in [2.45, 2.75) is 11.4 Å². The monoisotopic (exact) mass is 426 g/mol. The third kappa shape index (κ3) is 5.94. The third-order valence-corrected chi connectivity index (χ3v) is 5.76. The summed E-state index contributed by atoms with van der Waals surface area (Å²) in [6.45, 7) is 0.439. The van der Waals surface area contributed by atoms with Gasteiger partial charge < -0.3 is 5.32 Å². The lowest BCUT2D eigenvalue weighted by Crippen LogP contribution is -2.20. The van der Waals surface area contributed by atoms with Gasteiger partial charge in [0, 0.05) is 12.6 Å². The first-order valence-corrected chi connectivity index (χ1v) is 10.7. The van der Waals surface area contributed by atoms with Crippen LogP contribution in [0.4, 0.5) is 5.69 Å². The molecule has 0 saturated heterocycles. The highest BCUT2D eigenvalue weighted by atomic mass is 35.5. The SMILES string of the molecule is O=C(/C=C/c1ccc(S(=O)(=O)Nc2ccccc2Cl)cc1)NCc1ccccc1. The van der Waals surface area contributed by atoms with Crippen LogP contribution >= 0.6 is 11.6 Å². The van der Waals surface area contributed by atoms with Gasteiger partial charge in [-0.15, -0.1) is 0 Å². The number of hydrogen-bond acceptors (Lipinski definition) is 3. The predicted octanol–water partition coefficient (Wildman–Crippen LogP) is 4.47. The fraction of sp³-hybridized carbons (Fsp3) is 0.0455. The Hall–Kier alpha value is -3.09. The van der Waals surface area contributed by atoms with E-state index in [1.54, 1.807) is 42.5 Å². The summed E-state index contributed by atoms with van der Waals surface area (Å²) in [6.07, 6.45) is 3.03. The molecule has 0 saturated carbocycles. The molecular weight excluding hydrogens is 408 g/mol. The second-order valence-corrected chi connectivity index (χ2v) is 8.28. The maximum atomic E-state index is 12.5. The van der Waals surface area contributed by atoms with Crippen LogP contribution in [0.1, 0.15) is 11.1 Å². The van der Waals surface area contributed by atoms with Crippen LogP contribution in [-0.2, 0) is 21.4 Å². The Morgan fingerprint density at radius 1 is 0.897 bits per heavy atom. The van der Waals surface area contributed by atoms with Gasteiger partial charge in [-0.3, -0.25) is 9.52 Å². The highest BCUT2D eigenvalue weighted by Crippen LogP contribution is 2.24. The Labute approximate surface area is 175 Å². The second kappa shape index (κ2) is 9.41. The summed E-state index contributed by atoms with van der Waals surface area (Å²) in [5.41, 5.74) is 2.03. The first-order valence-electron chi connectivity index (χ1n) is 8.81. The van der Waals surface area contributed by atoms with Crippen molar-refractivity contribution >= 4 is 39.3 Å². The van der Waals surface area contributed by atoms with Gasteiger partial charge in [0.25, 0.3) is 10.0 Å². The summed E-state index contributed by atoms with van der Waals surface area (Å²) in [7, 11) is -3.76. The van der Waals surface area contributed by atoms with E-state index in [0.29, 0.717) is 22.8 Å². The minimum absolute atomic E-state index is 0.100. The molecule has 0 atom stereocenters. The summed E-state index contributed by atoms with van der Waals surface area (Å²) in [5, 5.41) is 3.11. The van der Waals surface area contributed by atoms with E-state index in [1.165, 1.54) is 18.2 Å². The van der Waals surface area contributed by atoms with E-state index in [1.807, 2.05) is 30.3 Å². The van der Waals surface area contributed by atoms with Crippen LogP contribution in [-0.4, -0.2) is 14.3 Å². The molecule has 1 amide bonds. The standard InChI is InChI=1S/C22H19ClN2O3S/c23-20-8-4-5-9-21(20)25-29(27,28)19-13-10-17(11-14-19)12-15-22(26)24-16-18-6-2-1-3-7-18/h1-15,25H,16H2,(H,24,26)/b15-12+. The number of sulfonamides is 1. The molecule has 0 aliphatic carbocycles. The van der Waals surface area contributed by atoms with Crippen molar-refractivity contribution in [2.75, 3.05) is 4.72 Å². The molecule has 0 heterocycles. The number of benzene rings is 3. The molecule has 0 bridgehead atoms. The van der Waals surface area contributed by atoms with Crippen molar-refractivity contribution in [3.8, 4) is 0 Å². The molecule has 0 unspecified atom stereocenters. The zero-order valence-corrected chi connectivity index (χ0v) is 17.0. The fourth-order valence-electron chi connectivity index (χ4n) is 2.52. The van der Waals surface area contributed by atoms with E-state index in [0.717, 1.165) is 5.56 Å². The van der Waals surface area contributed by atoms with Gasteiger partial charge in [0.1, 0.15) is 0 Å². The maximum Gasteiger partial charge on any atom is 0.261 e. The molecule has 0 aliphatic rings. The summed E-state index contributed by atoms with van der Waals surface area (Å²) >= 11 is 6.00. The summed E-state index contributed by atoms with van der Waals surface area (Å²) in [6, 6.07) is 22.4. The number of para-hydroxylation sites is 1. The van der Waals surface area contributed by atoms with Crippen LogP contribution in [0, 0.1) is 0 Å². The van der Waals surface area contributed by atoms with Crippen molar-refractivity contribution in [3.05, 3.63) is 101 Å². The summed E-state index contributed by atoms with van der Waals surface area (Å²) in [4.78, 5) is 12.0. The Bertz CT molecular complexity index is 1110. The van der Waals surface area contributed by atoms with Crippen molar-refractivity contribution in [3.63, 3.8) is 0 Å². The lowest BCUT2D eigenvalue weighted by atomic mass is 10.2. The smallest absolute Gasteiger partial charge is 0.261 e. The normalized spacial score (nSPS) is 11.3. The predicted molar refractivity (Wildman–Crippen MR) is 116 cm³/mol. The molecule has 0 aromatic heterocycles. The van der Waals surface area contributed by atoms with E-state index in [2.05, 4.69) is 10.0 Å². The van der Waals surface area contributed by atoms with E-state index in [4.69, 9.17) is 11.6 Å².